The number of nitrogens with one attached hydrogen (secondary N) is 1. The largest absolute Gasteiger partial charge is 0.481 e. The van der Waals surface area contributed by atoms with E-state index in [1.807, 2.05) is 0 Å². The third kappa shape index (κ3) is 5.30. The standard InChI is InChI=1S/C14H23NO5/c1-3-4-7-20-11(2)13(18)15-14(10-12(16)17)5-8-19-9-6-14/h3,11H,1,4-10H2,2H3,(H,15,18)(H,16,17). The molecule has 0 saturated carbocycles. The summed E-state index contributed by atoms with van der Waals surface area (Å²) in [7, 11) is 0. The predicted octanol–water partition coefficient (Wildman–Crippen LogP) is 1.11. The van der Waals surface area contributed by atoms with E-state index in [1.165, 1.54) is 0 Å². The summed E-state index contributed by atoms with van der Waals surface area (Å²) in [6, 6.07) is 0. The van der Waals surface area contributed by atoms with Gasteiger partial charge in [0.05, 0.1) is 18.6 Å². The minimum Gasteiger partial charge on any atom is -0.481 e. The Balaban J connectivity index is 2.57. The molecule has 1 aliphatic heterocycles. The molecule has 1 heterocycles. The van der Waals surface area contributed by atoms with Crippen molar-refractivity contribution in [1.82, 2.24) is 5.32 Å². The van der Waals surface area contributed by atoms with E-state index in [2.05, 4.69) is 11.9 Å². The van der Waals surface area contributed by atoms with Crippen molar-refractivity contribution in [3.63, 3.8) is 0 Å². The zero-order chi connectivity index (χ0) is 15.0. The molecule has 1 amide bonds. The fourth-order valence-corrected chi connectivity index (χ4v) is 2.16. The molecular weight excluding hydrogens is 262 g/mol. The zero-order valence-corrected chi connectivity index (χ0v) is 11.9. The second kappa shape index (κ2) is 8.01. The highest BCUT2D eigenvalue weighted by molar-refractivity contribution is 5.82. The molecule has 1 rings (SSSR count). The van der Waals surface area contributed by atoms with Crippen molar-refractivity contribution < 1.29 is 24.2 Å². The number of amides is 1. The lowest BCUT2D eigenvalue weighted by Crippen LogP contribution is -2.55. The molecule has 0 aliphatic carbocycles. The molecule has 20 heavy (non-hydrogen) atoms. The van der Waals surface area contributed by atoms with Gasteiger partial charge < -0.3 is 19.9 Å². The van der Waals surface area contributed by atoms with Gasteiger partial charge in [0, 0.05) is 13.2 Å². The summed E-state index contributed by atoms with van der Waals surface area (Å²) >= 11 is 0. The van der Waals surface area contributed by atoms with E-state index in [1.54, 1.807) is 13.0 Å². The van der Waals surface area contributed by atoms with E-state index in [-0.39, 0.29) is 12.3 Å². The van der Waals surface area contributed by atoms with E-state index in [9.17, 15) is 9.59 Å². The van der Waals surface area contributed by atoms with Crippen molar-refractivity contribution >= 4 is 11.9 Å². The molecule has 0 radical (unpaired) electrons. The Bertz CT molecular complexity index is 349. The first kappa shape index (κ1) is 16.7. The number of carboxylic acid groups (broad SMARTS) is 1. The van der Waals surface area contributed by atoms with Crippen LogP contribution in [-0.4, -0.2) is 48.4 Å². The van der Waals surface area contributed by atoms with Crippen molar-refractivity contribution in [2.75, 3.05) is 19.8 Å². The third-order valence-electron chi connectivity index (χ3n) is 3.39. The van der Waals surface area contributed by atoms with Crippen LogP contribution in [0.3, 0.4) is 0 Å². The van der Waals surface area contributed by atoms with E-state index in [0.29, 0.717) is 39.1 Å². The number of hydrogen-bond acceptors (Lipinski definition) is 4. The van der Waals surface area contributed by atoms with E-state index in [4.69, 9.17) is 14.6 Å². The molecule has 6 heteroatoms. The summed E-state index contributed by atoms with van der Waals surface area (Å²) in [5, 5.41) is 11.9. The Labute approximate surface area is 119 Å². The molecular formula is C14H23NO5. The average molecular weight is 285 g/mol. The highest BCUT2D eigenvalue weighted by Crippen LogP contribution is 2.24. The van der Waals surface area contributed by atoms with Gasteiger partial charge in [-0.25, -0.2) is 0 Å². The Morgan fingerprint density at radius 2 is 2.15 bits per heavy atom. The second-order valence-electron chi connectivity index (χ2n) is 5.04. The Morgan fingerprint density at radius 1 is 1.50 bits per heavy atom. The van der Waals surface area contributed by atoms with Crippen LogP contribution >= 0.6 is 0 Å². The molecule has 1 saturated heterocycles. The van der Waals surface area contributed by atoms with Crippen LogP contribution in [0, 0.1) is 0 Å². The first-order chi connectivity index (χ1) is 9.49. The Hall–Kier alpha value is -1.40. The number of rotatable bonds is 8. The van der Waals surface area contributed by atoms with Crippen LogP contribution in [-0.2, 0) is 19.1 Å². The minimum absolute atomic E-state index is 0.0958. The van der Waals surface area contributed by atoms with Crippen LogP contribution in [0.4, 0.5) is 0 Å². The number of ether oxygens (including phenoxy) is 2. The summed E-state index contributed by atoms with van der Waals surface area (Å²) < 4.78 is 10.6. The Morgan fingerprint density at radius 3 is 2.70 bits per heavy atom. The fraction of sp³-hybridized carbons (Fsp3) is 0.714. The van der Waals surface area contributed by atoms with Crippen molar-refractivity contribution in [1.29, 1.82) is 0 Å². The highest BCUT2D eigenvalue weighted by atomic mass is 16.5. The van der Waals surface area contributed by atoms with Crippen LogP contribution in [0.1, 0.15) is 32.6 Å². The van der Waals surface area contributed by atoms with Crippen molar-refractivity contribution in [2.45, 2.75) is 44.2 Å². The summed E-state index contributed by atoms with van der Waals surface area (Å²) in [6.45, 7) is 6.58. The van der Waals surface area contributed by atoms with E-state index in [0.717, 1.165) is 0 Å². The van der Waals surface area contributed by atoms with Gasteiger partial charge in [-0.1, -0.05) is 6.08 Å². The van der Waals surface area contributed by atoms with Gasteiger partial charge in [-0.05, 0) is 26.2 Å². The van der Waals surface area contributed by atoms with E-state index >= 15 is 0 Å². The van der Waals surface area contributed by atoms with Crippen LogP contribution in [0.15, 0.2) is 12.7 Å². The molecule has 6 nitrogen and oxygen atoms in total. The molecule has 0 aromatic carbocycles. The second-order valence-corrected chi connectivity index (χ2v) is 5.04. The van der Waals surface area contributed by atoms with Gasteiger partial charge in [0.15, 0.2) is 0 Å². The number of hydrogen-bond donors (Lipinski definition) is 2. The maximum Gasteiger partial charge on any atom is 0.305 e. The smallest absolute Gasteiger partial charge is 0.305 e. The zero-order valence-electron chi connectivity index (χ0n) is 11.9. The van der Waals surface area contributed by atoms with Gasteiger partial charge in [-0.3, -0.25) is 9.59 Å². The summed E-state index contributed by atoms with van der Waals surface area (Å²) in [4.78, 5) is 23.1. The molecule has 0 spiro atoms. The summed E-state index contributed by atoms with van der Waals surface area (Å²) in [5.74, 6) is -1.20. The lowest BCUT2D eigenvalue weighted by molar-refractivity contribution is -0.142. The molecule has 1 aliphatic rings. The number of aliphatic carboxylic acids is 1. The minimum atomic E-state index is -0.924. The quantitative estimate of drug-likeness (QED) is 0.515. The summed E-state index contributed by atoms with van der Waals surface area (Å²) in [5.41, 5.74) is -0.725. The molecule has 0 aromatic heterocycles. The van der Waals surface area contributed by atoms with E-state index < -0.39 is 17.6 Å². The predicted molar refractivity (Wildman–Crippen MR) is 73.4 cm³/mol. The molecule has 1 unspecified atom stereocenters. The number of carbonyl (C=O) groups is 2. The normalized spacial score (nSPS) is 19.1. The first-order valence-corrected chi connectivity index (χ1v) is 6.83. The lowest BCUT2D eigenvalue weighted by atomic mass is 9.86. The van der Waals surface area contributed by atoms with Crippen LogP contribution in [0.25, 0.3) is 0 Å². The SMILES string of the molecule is C=CCCOC(C)C(=O)NC1(CC(=O)O)CCOCC1. The highest BCUT2D eigenvalue weighted by Gasteiger charge is 2.37. The van der Waals surface area contributed by atoms with Crippen LogP contribution in [0.2, 0.25) is 0 Å². The number of carbonyl (C=O) groups excluding carboxylic acids is 1. The molecule has 114 valence electrons. The van der Waals surface area contributed by atoms with Gasteiger partial charge in [0.25, 0.3) is 0 Å². The van der Waals surface area contributed by atoms with Gasteiger partial charge in [0.1, 0.15) is 6.10 Å². The van der Waals surface area contributed by atoms with Crippen molar-refractivity contribution in [2.24, 2.45) is 0 Å². The van der Waals surface area contributed by atoms with Gasteiger partial charge >= 0.3 is 5.97 Å². The number of carboxylic acids is 1. The molecule has 1 atom stereocenters. The molecule has 0 aromatic rings. The van der Waals surface area contributed by atoms with Crippen molar-refractivity contribution in [3.8, 4) is 0 Å². The molecule has 0 bridgehead atoms. The average Bonchev–Trinajstić information content (AvgIpc) is 2.38. The first-order valence-electron chi connectivity index (χ1n) is 6.83. The molecule has 1 fully saturated rings. The van der Waals surface area contributed by atoms with Gasteiger partial charge in [0.2, 0.25) is 5.91 Å². The van der Waals surface area contributed by atoms with Crippen LogP contribution < -0.4 is 5.32 Å². The maximum atomic E-state index is 12.1. The molecule has 2 N–H and O–H groups in total. The van der Waals surface area contributed by atoms with Gasteiger partial charge in [-0.2, -0.15) is 0 Å². The van der Waals surface area contributed by atoms with Crippen LogP contribution in [0.5, 0.6) is 0 Å². The summed E-state index contributed by atoms with van der Waals surface area (Å²) in [6.07, 6.45) is 2.69. The Kier molecular flexibility index (Phi) is 6.67. The lowest BCUT2D eigenvalue weighted by Gasteiger charge is -2.37. The third-order valence-corrected chi connectivity index (χ3v) is 3.39. The maximum absolute atomic E-state index is 12.1. The van der Waals surface area contributed by atoms with Crippen molar-refractivity contribution in [3.05, 3.63) is 12.7 Å². The fourth-order valence-electron chi connectivity index (χ4n) is 2.16. The monoisotopic (exact) mass is 285 g/mol. The van der Waals surface area contributed by atoms with Gasteiger partial charge in [-0.15, -0.1) is 6.58 Å². The topological polar surface area (TPSA) is 84.9 Å².